The quantitative estimate of drug-likeness (QED) is 0.701. The van der Waals surface area contributed by atoms with Gasteiger partial charge in [0, 0.05) is 11.9 Å². The van der Waals surface area contributed by atoms with Gasteiger partial charge in [0.05, 0.1) is 11.2 Å². The largest absolute Gasteiger partial charge is 0.508 e. The van der Waals surface area contributed by atoms with E-state index in [1.54, 1.807) is 22.7 Å². The van der Waals surface area contributed by atoms with Crippen molar-refractivity contribution >= 4 is 23.0 Å². The first kappa shape index (κ1) is 11.3. The number of phenolic OH excluding ortho intramolecular Hbond substituents is 1. The van der Waals surface area contributed by atoms with Crippen molar-refractivity contribution in [2.45, 2.75) is 0 Å². The lowest BCUT2D eigenvalue weighted by Gasteiger charge is -2.05. The van der Waals surface area contributed by atoms with Gasteiger partial charge in [-0.25, -0.2) is 4.52 Å². The molecule has 3 aromatic rings. The monoisotopic (exact) mass is 251 g/mol. The number of nitrogens with zero attached hydrogens (tertiary/aromatic N) is 2. The molecule has 0 aliphatic rings. The van der Waals surface area contributed by atoms with Gasteiger partial charge in [-0.3, -0.25) is 0 Å². The molecule has 2 aromatic heterocycles. The van der Waals surface area contributed by atoms with Crippen LogP contribution in [-0.2, 0) is 0 Å². The number of hydrogen-bond acceptors (Lipinski definition) is 3. The highest BCUT2D eigenvalue weighted by Crippen LogP contribution is 2.27. The van der Waals surface area contributed by atoms with E-state index >= 15 is 0 Å². The second-order valence-corrected chi connectivity index (χ2v) is 4.17. The molecule has 0 saturated carbocycles. The minimum absolute atomic E-state index is 0.245. The van der Waals surface area contributed by atoms with Crippen LogP contribution in [0.3, 0.4) is 0 Å². The highest BCUT2D eigenvalue weighted by molar-refractivity contribution is 5.83. The number of pyridine rings is 1. The van der Waals surface area contributed by atoms with Crippen molar-refractivity contribution in [3.63, 3.8) is 0 Å². The predicted molar refractivity (Wildman–Crippen MR) is 76.7 cm³/mol. The average molecular weight is 251 g/mol. The number of phenols is 1. The summed E-state index contributed by atoms with van der Waals surface area (Å²) < 4.78 is 1.81. The molecule has 0 fully saturated rings. The lowest BCUT2D eigenvalue weighted by atomic mass is 10.2. The number of fused-ring (bicyclic) bond motifs is 1. The number of hydrogen-bond donors (Lipinski definition) is 2. The van der Waals surface area contributed by atoms with Gasteiger partial charge in [0.1, 0.15) is 11.4 Å². The molecule has 0 saturated heterocycles. The van der Waals surface area contributed by atoms with Crippen LogP contribution < -0.4 is 5.32 Å². The molecule has 2 heterocycles. The normalized spacial score (nSPS) is 10.5. The van der Waals surface area contributed by atoms with Crippen LogP contribution in [0.15, 0.2) is 55.2 Å². The Morgan fingerprint density at radius 3 is 2.68 bits per heavy atom. The minimum atomic E-state index is 0.245. The zero-order chi connectivity index (χ0) is 13.2. The Morgan fingerprint density at radius 2 is 1.95 bits per heavy atom. The summed E-state index contributed by atoms with van der Waals surface area (Å²) in [6.45, 7) is 3.79. The zero-order valence-electron chi connectivity index (χ0n) is 10.2. The van der Waals surface area contributed by atoms with Gasteiger partial charge in [-0.15, -0.1) is 0 Å². The molecule has 4 nitrogen and oxygen atoms in total. The summed E-state index contributed by atoms with van der Waals surface area (Å²) in [5.41, 5.74) is 3.56. The summed E-state index contributed by atoms with van der Waals surface area (Å²) in [6.07, 6.45) is 3.61. The fourth-order valence-corrected chi connectivity index (χ4v) is 1.98. The van der Waals surface area contributed by atoms with Crippen LogP contribution in [0.4, 0.5) is 11.4 Å². The summed E-state index contributed by atoms with van der Waals surface area (Å²) in [5, 5.41) is 17.0. The van der Waals surface area contributed by atoms with Crippen molar-refractivity contribution in [1.82, 2.24) is 9.61 Å². The molecule has 0 unspecified atom stereocenters. The number of nitrogens with one attached hydrogen (secondary N) is 1. The van der Waals surface area contributed by atoms with E-state index in [9.17, 15) is 5.11 Å². The van der Waals surface area contributed by atoms with Crippen LogP contribution in [0.1, 0.15) is 5.69 Å². The molecule has 19 heavy (non-hydrogen) atoms. The van der Waals surface area contributed by atoms with Crippen molar-refractivity contribution in [3.05, 3.63) is 60.9 Å². The Hall–Kier alpha value is -2.75. The second-order valence-electron chi connectivity index (χ2n) is 4.17. The lowest BCUT2D eigenvalue weighted by molar-refractivity contribution is 0.475. The molecule has 0 bridgehead atoms. The van der Waals surface area contributed by atoms with Crippen molar-refractivity contribution in [2.24, 2.45) is 0 Å². The van der Waals surface area contributed by atoms with E-state index in [4.69, 9.17) is 0 Å². The molecule has 0 atom stereocenters. The van der Waals surface area contributed by atoms with Gasteiger partial charge in [0.25, 0.3) is 0 Å². The van der Waals surface area contributed by atoms with Crippen molar-refractivity contribution in [2.75, 3.05) is 5.32 Å². The molecule has 1 aromatic carbocycles. The summed E-state index contributed by atoms with van der Waals surface area (Å²) in [7, 11) is 0. The number of benzene rings is 1. The average Bonchev–Trinajstić information content (AvgIpc) is 2.79. The van der Waals surface area contributed by atoms with Gasteiger partial charge in [-0.05, 0) is 42.5 Å². The third kappa shape index (κ3) is 2.04. The minimum Gasteiger partial charge on any atom is -0.508 e. The van der Waals surface area contributed by atoms with Gasteiger partial charge in [0.2, 0.25) is 0 Å². The molecule has 0 spiro atoms. The molecule has 4 heteroatoms. The highest BCUT2D eigenvalue weighted by Gasteiger charge is 2.09. The van der Waals surface area contributed by atoms with Gasteiger partial charge < -0.3 is 10.4 Å². The number of anilines is 2. The molecule has 0 aliphatic heterocycles. The molecule has 3 rings (SSSR count). The van der Waals surface area contributed by atoms with E-state index in [0.717, 1.165) is 22.6 Å². The topological polar surface area (TPSA) is 49.6 Å². The lowest BCUT2D eigenvalue weighted by Crippen LogP contribution is -1.91. The second kappa shape index (κ2) is 4.49. The first-order valence-electron chi connectivity index (χ1n) is 5.94. The fourth-order valence-electron chi connectivity index (χ4n) is 1.98. The first-order valence-corrected chi connectivity index (χ1v) is 5.94. The summed E-state index contributed by atoms with van der Waals surface area (Å²) in [5.74, 6) is 0.245. The van der Waals surface area contributed by atoms with Crippen LogP contribution in [0.5, 0.6) is 5.75 Å². The predicted octanol–water partition coefficient (Wildman–Crippen LogP) is 3.43. The molecular formula is C15H13N3O. The maximum atomic E-state index is 9.29. The highest BCUT2D eigenvalue weighted by atomic mass is 16.3. The Balaban J connectivity index is 2.08. The van der Waals surface area contributed by atoms with E-state index < -0.39 is 0 Å². The molecule has 2 N–H and O–H groups in total. The third-order valence-electron chi connectivity index (χ3n) is 2.90. The molecule has 0 radical (unpaired) electrons. The van der Waals surface area contributed by atoms with Crippen molar-refractivity contribution in [1.29, 1.82) is 0 Å². The Labute approximate surface area is 110 Å². The van der Waals surface area contributed by atoms with Crippen LogP contribution >= 0.6 is 0 Å². The van der Waals surface area contributed by atoms with E-state index in [1.807, 2.05) is 36.5 Å². The van der Waals surface area contributed by atoms with Gasteiger partial charge >= 0.3 is 0 Å². The summed E-state index contributed by atoms with van der Waals surface area (Å²) in [4.78, 5) is 0. The van der Waals surface area contributed by atoms with Gasteiger partial charge in [-0.2, -0.15) is 5.10 Å². The molecule has 0 aliphatic carbocycles. The maximum Gasteiger partial charge on any atom is 0.115 e. The third-order valence-corrected chi connectivity index (χ3v) is 2.90. The van der Waals surface area contributed by atoms with Crippen LogP contribution in [0, 0.1) is 0 Å². The Morgan fingerprint density at radius 1 is 1.16 bits per heavy atom. The van der Waals surface area contributed by atoms with Crippen LogP contribution in [0.2, 0.25) is 0 Å². The van der Waals surface area contributed by atoms with E-state index in [2.05, 4.69) is 17.0 Å². The van der Waals surface area contributed by atoms with Crippen molar-refractivity contribution in [3.8, 4) is 5.75 Å². The number of rotatable bonds is 3. The SMILES string of the molecule is C=Cc1nn2ccccc2c1Nc1ccc(O)cc1. The van der Waals surface area contributed by atoms with Gasteiger partial charge in [-0.1, -0.05) is 12.6 Å². The molecule has 94 valence electrons. The van der Waals surface area contributed by atoms with E-state index in [0.29, 0.717) is 0 Å². The van der Waals surface area contributed by atoms with Crippen LogP contribution in [-0.4, -0.2) is 14.7 Å². The number of aromatic nitrogens is 2. The zero-order valence-corrected chi connectivity index (χ0v) is 10.2. The van der Waals surface area contributed by atoms with Crippen LogP contribution in [0.25, 0.3) is 11.6 Å². The summed E-state index contributed by atoms with van der Waals surface area (Å²) >= 11 is 0. The Kier molecular flexibility index (Phi) is 2.68. The fraction of sp³-hybridized carbons (Fsp3) is 0. The number of aromatic hydroxyl groups is 1. The van der Waals surface area contributed by atoms with E-state index in [1.165, 1.54) is 0 Å². The molecular weight excluding hydrogens is 238 g/mol. The van der Waals surface area contributed by atoms with Gasteiger partial charge in [0.15, 0.2) is 0 Å². The maximum absolute atomic E-state index is 9.29. The summed E-state index contributed by atoms with van der Waals surface area (Å²) in [6, 6.07) is 12.8. The van der Waals surface area contributed by atoms with E-state index in [-0.39, 0.29) is 5.75 Å². The molecule has 0 amide bonds. The first-order chi connectivity index (χ1) is 9.28. The standard InChI is InChI=1S/C15H13N3O/c1-2-13-15(14-5-3-4-10-18(14)17-13)16-11-6-8-12(19)9-7-11/h2-10,16,19H,1H2. The van der Waals surface area contributed by atoms with Crippen molar-refractivity contribution < 1.29 is 5.11 Å². The smallest absolute Gasteiger partial charge is 0.115 e. The Bertz CT molecular complexity index is 729.